The molecule has 2 N–H and O–H groups in total. The van der Waals surface area contributed by atoms with Crippen molar-refractivity contribution in [2.75, 3.05) is 20.1 Å². The van der Waals surface area contributed by atoms with E-state index in [2.05, 4.69) is 14.9 Å². The van der Waals surface area contributed by atoms with Crippen LogP contribution in [0.4, 0.5) is 10.2 Å². The fraction of sp³-hybridized carbons (Fsp3) is 0.333. The Balaban J connectivity index is 2.12. The van der Waals surface area contributed by atoms with Gasteiger partial charge < -0.3 is 10.6 Å². The number of nitrogens with two attached hydrogens (primary N) is 1. The molecule has 0 aliphatic carbocycles. The van der Waals surface area contributed by atoms with Crippen molar-refractivity contribution in [1.29, 1.82) is 0 Å². The summed E-state index contributed by atoms with van der Waals surface area (Å²) in [6.07, 6.45) is 3.72. The normalized spacial score (nSPS) is 18.0. The fourth-order valence-electron chi connectivity index (χ4n) is 1.66. The Kier molecular flexibility index (Phi) is 3.49. The van der Waals surface area contributed by atoms with Gasteiger partial charge in [0.05, 0.1) is 6.20 Å². The summed E-state index contributed by atoms with van der Waals surface area (Å²) in [5.74, 6) is 0.125. The molecule has 2 heterocycles. The van der Waals surface area contributed by atoms with Crippen LogP contribution in [0, 0.1) is 5.82 Å². The van der Waals surface area contributed by atoms with Gasteiger partial charge >= 0.3 is 0 Å². The van der Waals surface area contributed by atoms with Gasteiger partial charge in [-0.3, -0.25) is 0 Å². The van der Waals surface area contributed by atoms with Crippen LogP contribution < -0.4 is 5.73 Å². The fourth-order valence-corrected chi connectivity index (χ4v) is 1.66. The van der Waals surface area contributed by atoms with Crippen LogP contribution in [0.3, 0.4) is 0 Å². The molecule has 0 atom stereocenters. The van der Waals surface area contributed by atoms with Crippen LogP contribution in [0.25, 0.3) is 0 Å². The molecule has 1 aromatic heterocycles. The summed E-state index contributed by atoms with van der Waals surface area (Å²) in [6.45, 7) is 1.76. The predicted octanol–water partition coefficient (Wildman–Crippen LogP) is 1.47. The van der Waals surface area contributed by atoms with E-state index >= 15 is 0 Å². The van der Waals surface area contributed by atoms with Gasteiger partial charge in [-0.1, -0.05) is 0 Å². The van der Waals surface area contributed by atoms with Gasteiger partial charge in [-0.15, -0.1) is 0 Å². The molecular formula is C12H15FN4. The zero-order chi connectivity index (χ0) is 12.3. The van der Waals surface area contributed by atoms with Crippen molar-refractivity contribution in [3.63, 3.8) is 0 Å². The third-order valence-corrected chi connectivity index (χ3v) is 2.68. The zero-order valence-corrected chi connectivity index (χ0v) is 9.73. The number of aromatic nitrogens is 1. The van der Waals surface area contributed by atoms with E-state index in [0.717, 1.165) is 37.0 Å². The quantitative estimate of drug-likeness (QED) is 0.788. The lowest BCUT2D eigenvalue weighted by atomic mass is 10.1. The SMILES string of the molecule is CN1CCC(N)=C(C=Nc2ccc(F)cn2)C1. The first-order valence-electron chi connectivity index (χ1n) is 5.47. The number of hydrogen-bond donors (Lipinski definition) is 1. The third kappa shape index (κ3) is 3.10. The Labute approximate surface area is 99.7 Å². The summed E-state index contributed by atoms with van der Waals surface area (Å²) in [5, 5.41) is 0. The van der Waals surface area contributed by atoms with Crippen molar-refractivity contribution in [3.05, 3.63) is 35.4 Å². The largest absolute Gasteiger partial charge is 0.402 e. The van der Waals surface area contributed by atoms with Crippen molar-refractivity contribution in [1.82, 2.24) is 9.88 Å². The third-order valence-electron chi connectivity index (χ3n) is 2.68. The summed E-state index contributed by atoms with van der Waals surface area (Å²) in [4.78, 5) is 10.2. The van der Waals surface area contributed by atoms with E-state index in [1.165, 1.54) is 12.1 Å². The number of hydrogen-bond acceptors (Lipinski definition) is 4. The highest BCUT2D eigenvalue weighted by Crippen LogP contribution is 2.13. The minimum atomic E-state index is -0.361. The highest BCUT2D eigenvalue weighted by Gasteiger charge is 2.12. The van der Waals surface area contributed by atoms with Gasteiger partial charge in [0.15, 0.2) is 5.82 Å². The van der Waals surface area contributed by atoms with Gasteiger partial charge in [-0.05, 0) is 19.2 Å². The maximum atomic E-state index is 12.6. The van der Waals surface area contributed by atoms with Crippen LogP contribution in [0.2, 0.25) is 0 Å². The average Bonchev–Trinajstić information content (AvgIpc) is 2.32. The number of aliphatic imine (C=N–C) groups is 1. The summed E-state index contributed by atoms with van der Waals surface area (Å²) in [6, 6.07) is 2.87. The first-order valence-corrected chi connectivity index (χ1v) is 5.47. The molecule has 17 heavy (non-hydrogen) atoms. The highest BCUT2D eigenvalue weighted by molar-refractivity contribution is 5.82. The Morgan fingerprint density at radius 2 is 2.35 bits per heavy atom. The van der Waals surface area contributed by atoms with Crippen molar-refractivity contribution in [2.24, 2.45) is 10.7 Å². The Bertz CT molecular complexity index is 450. The van der Waals surface area contributed by atoms with Gasteiger partial charge in [0.2, 0.25) is 0 Å². The van der Waals surface area contributed by atoms with Gasteiger partial charge in [-0.25, -0.2) is 14.4 Å². The number of likely N-dealkylation sites (N-methyl/N-ethyl adjacent to an activating group) is 1. The standard InChI is InChI=1S/C12H15FN4/c1-17-5-4-11(14)9(8-17)6-15-12-3-2-10(13)7-16-12/h2-3,6-7H,4-5,8,14H2,1H3. The molecule has 0 radical (unpaired) electrons. The van der Waals surface area contributed by atoms with E-state index in [-0.39, 0.29) is 5.82 Å². The van der Waals surface area contributed by atoms with Gasteiger partial charge in [0, 0.05) is 37.0 Å². The number of rotatable bonds is 2. The van der Waals surface area contributed by atoms with Crippen LogP contribution >= 0.6 is 0 Å². The molecule has 1 aromatic rings. The molecule has 1 aliphatic heterocycles. The van der Waals surface area contributed by atoms with Crippen LogP contribution in [-0.2, 0) is 0 Å². The second kappa shape index (κ2) is 5.05. The highest BCUT2D eigenvalue weighted by atomic mass is 19.1. The number of pyridine rings is 1. The topological polar surface area (TPSA) is 54.5 Å². The van der Waals surface area contributed by atoms with E-state index in [4.69, 9.17) is 5.73 Å². The molecule has 90 valence electrons. The summed E-state index contributed by atoms with van der Waals surface area (Å²) >= 11 is 0. The molecule has 0 fully saturated rings. The molecule has 0 spiro atoms. The summed E-state index contributed by atoms with van der Waals surface area (Å²) < 4.78 is 12.6. The van der Waals surface area contributed by atoms with Crippen molar-refractivity contribution < 1.29 is 4.39 Å². The first-order chi connectivity index (χ1) is 8.15. The smallest absolute Gasteiger partial charge is 0.151 e. The van der Waals surface area contributed by atoms with Crippen LogP contribution in [0.5, 0.6) is 0 Å². The molecule has 0 saturated heterocycles. The van der Waals surface area contributed by atoms with Crippen molar-refractivity contribution in [3.8, 4) is 0 Å². The molecule has 5 heteroatoms. The molecule has 1 aliphatic rings. The van der Waals surface area contributed by atoms with Gasteiger partial charge in [-0.2, -0.15) is 0 Å². The van der Waals surface area contributed by atoms with E-state index < -0.39 is 0 Å². The lowest BCUT2D eigenvalue weighted by Crippen LogP contribution is -2.30. The number of halogens is 1. The molecule has 0 unspecified atom stereocenters. The second-order valence-electron chi connectivity index (χ2n) is 4.13. The van der Waals surface area contributed by atoms with Crippen LogP contribution in [0.1, 0.15) is 6.42 Å². The lowest BCUT2D eigenvalue weighted by Gasteiger charge is -2.23. The molecule has 4 nitrogen and oxygen atoms in total. The zero-order valence-electron chi connectivity index (χ0n) is 9.73. The molecule has 0 aromatic carbocycles. The monoisotopic (exact) mass is 234 g/mol. The Morgan fingerprint density at radius 1 is 1.53 bits per heavy atom. The predicted molar refractivity (Wildman–Crippen MR) is 65.7 cm³/mol. The summed E-state index contributed by atoms with van der Waals surface area (Å²) in [5.41, 5.74) is 7.78. The average molecular weight is 234 g/mol. The number of nitrogens with zero attached hydrogens (tertiary/aromatic N) is 3. The molecular weight excluding hydrogens is 219 g/mol. The van der Waals surface area contributed by atoms with Gasteiger partial charge in [0.25, 0.3) is 0 Å². The minimum Gasteiger partial charge on any atom is -0.402 e. The summed E-state index contributed by atoms with van der Waals surface area (Å²) in [7, 11) is 2.04. The Morgan fingerprint density at radius 3 is 3.06 bits per heavy atom. The van der Waals surface area contributed by atoms with Gasteiger partial charge in [0.1, 0.15) is 5.82 Å². The van der Waals surface area contributed by atoms with Crippen LogP contribution in [-0.4, -0.2) is 36.2 Å². The molecule has 0 amide bonds. The minimum absolute atomic E-state index is 0.361. The molecule has 0 saturated carbocycles. The second-order valence-corrected chi connectivity index (χ2v) is 4.13. The van der Waals surface area contributed by atoms with E-state index in [1.54, 1.807) is 6.21 Å². The van der Waals surface area contributed by atoms with Crippen molar-refractivity contribution >= 4 is 12.0 Å². The first kappa shape index (κ1) is 11.7. The van der Waals surface area contributed by atoms with E-state index in [9.17, 15) is 4.39 Å². The molecule has 0 bridgehead atoms. The van der Waals surface area contributed by atoms with Crippen molar-refractivity contribution in [2.45, 2.75) is 6.42 Å². The van der Waals surface area contributed by atoms with E-state index in [1.807, 2.05) is 7.05 Å². The van der Waals surface area contributed by atoms with Crippen LogP contribution in [0.15, 0.2) is 34.6 Å². The maximum Gasteiger partial charge on any atom is 0.151 e. The maximum absolute atomic E-state index is 12.6. The van der Waals surface area contributed by atoms with E-state index in [0.29, 0.717) is 5.82 Å². The Hall–Kier alpha value is -1.75. The lowest BCUT2D eigenvalue weighted by molar-refractivity contribution is 0.353. The molecule has 2 rings (SSSR count).